The van der Waals surface area contributed by atoms with E-state index in [9.17, 15) is 24.0 Å². The average Bonchev–Trinajstić information content (AvgIpc) is 3.48. The Morgan fingerprint density at radius 1 is 0.913 bits per heavy atom. The molecule has 3 amide bonds. The van der Waals surface area contributed by atoms with E-state index in [0.717, 1.165) is 5.56 Å². The van der Waals surface area contributed by atoms with Gasteiger partial charge in [0.1, 0.15) is 22.6 Å². The van der Waals surface area contributed by atoms with Crippen LogP contribution in [0.1, 0.15) is 46.9 Å². The Kier molecular flexibility index (Phi) is 17.3. The first-order chi connectivity index (χ1) is 21.9. The third-order valence-electron chi connectivity index (χ3n) is 6.72. The van der Waals surface area contributed by atoms with Crippen LogP contribution in [0.15, 0.2) is 36.5 Å². The van der Waals surface area contributed by atoms with Gasteiger partial charge in [0.25, 0.3) is 5.91 Å². The first kappa shape index (κ1) is 39.2. The zero-order valence-electron chi connectivity index (χ0n) is 26.8. The zero-order chi connectivity index (χ0) is 34.1. The molecule has 3 N–H and O–H groups in total. The minimum atomic E-state index is -1.24. The molecule has 1 aromatic heterocycles. The topological polar surface area (TPSA) is 171 Å². The Balaban J connectivity index is 2.20. The van der Waals surface area contributed by atoms with E-state index in [-0.39, 0.29) is 44.6 Å². The molecule has 46 heavy (non-hydrogen) atoms. The largest absolute Gasteiger partial charge is 0.466 e. The van der Waals surface area contributed by atoms with Crippen LogP contribution in [-0.2, 0) is 44.5 Å². The maximum absolute atomic E-state index is 14.0. The van der Waals surface area contributed by atoms with Gasteiger partial charge in [0.15, 0.2) is 5.78 Å². The molecule has 15 heteroatoms. The van der Waals surface area contributed by atoms with E-state index in [4.69, 9.17) is 18.9 Å². The second-order valence-corrected chi connectivity index (χ2v) is 12.6. The SMILES string of the molecule is COC[C@H](NC(=O)c1cnc(C)s1)C(=O)N[C@@H](COC)C(=O)N[C@@H](Cc1ccccc1)C(=O)[C@@](C)(CI)OCCCCOC(C)=O. The van der Waals surface area contributed by atoms with Gasteiger partial charge >= 0.3 is 5.97 Å². The van der Waals surface area contributed by atoms with Crippen LogP contribution in [0, 0.1) is 6.92 Å². The summed E-state index contributed by atoms with van der Waals surface area (Å²) >= 11 is 3.25. The van der Waals surface area contributed by atoms with Crippen molar-refractivity contribution in [1.82, 2.24) is 20.9 Å². The summed E-state index contributed by atoms with van der Waals surface area (Å²) in [4.78, 5) is 69.0. The van der Waals surface area contributed by atoms with Crippen LogP contribution in [0.4, 0.5) is 0 Å². The van der Waals surface area contributed by atoms with E-state index in [1.165, 1.54) is 38.7 Å². The minimum Gasteiger partial charge on any atom is -0.466 e. The number of unbranched alkanes of at least 4 members (excludes halogenated alkanes) is 1. The highest BCUT2D eigenvalue weighted by molar-refractivity contribution is 14.1. The van der Waals surface area contributed by atoms with E-state index in [2.05, 4.69) is 43.5 Å². The summed E-state index contributed by atoms with van der Waals surface area (Å²) in [6.45, 7) is 4.92. The number of hydrogen-bond donors (Lipinski definition) is 3. The Morgan fingerprint density at radius 2 is 1.50 bits per heavy atom. The Labute approximate surface area is 287 Å². The molecule has 0 aliphatic heterocycles. The van der Waals surface area contributed by atoms with Crippen molar-refractivity contribution in [2.24, 2.45) is 0 Å². The molecule has 1 heterocycles. The Hall–Kier alpha value is -2.99. The molecule has 0 aliphatic carbocycles. The molecule has 0 fully saturated rings. The third-order valence-corrected chi connectivity index (χ3v) is 9.09. The molecule has 1 aromatic carbocycles. The van der Waals surface area contributed by atoms with Crippen LogP contribution in [0.25, 0.3) is 0 Å². The van der Waals surface area contributed by atoms with Gasteiger partial charge in [0.2, 0.25) is 11.8 Å². The molecule has 0 radical (unpaired) electrons. The molecule has 254 valence electrons. The number of ether oxygens (including phenoxy) is 4. The molecule has 0 saturated heterocycles. The number of nitrogens with zero attached hydrogens (tertiary/aromatic N) is 1. The normalized spacial score (nSPS) is 14.3. The van der Waals surface area contributed by atoms with E-state index in [1.54, 1.807) is 13.8 Å². The minimum absolute atomic E-state index is 0.155. The molecule has 13 nitrogen and oxygen atoms in total. The lowest BCUT2D eigenvalue weighted by Gasteiger charge is -2.32. The number of Topliss-reactive ketones (excluding diaryl/α,β-unsaturated/α-hetero) is 1. The van der Waals surface area contributed by atoms with Crippen molar-refractivity contribution in [3.8, 4) is 0 Å². The number of thiazole rings is 1. The number of carbonyl (C=O) groups is 5. The first-order valence-corrected chi connectivity index (χ1v) is 17.0. The fourth-order valence-electron chi connectivity index (χ4n) is 4.26. The van der Waals surface area contributed by atoms with Crippen molar-refractivity contribution in [2.75, 3.05) is 45.1 Å². The molecule has 4 atom stereocenters. The van der Waals surface area contributed by atoms with Gasteiger partial charge in [0, 0.05) is 32.2 Å². The molecule has 2 rings (SSSR count). The van der Waals surface area contributed by atoms with Crippen molar-refractivity contribution in [1.29, 1.82) is 0 Å². The molecule has 0 aliphatic rings. The predicted octanol–water partition coefficient (Wildman–Crippen LogP) is 2.18. The highest BCUT2D eigenvalue weighted by Gasteiger charge is 2.40. The van der Waals surface area contributed by atoms with Crippen molar-refractivity contribution >= 4 is 63.4 Å². The van der Waals surface area contributed by atoms with Gasteiger partial charge in [-0.1, -0.05) is 52.9 Å². The van der Waals surface area contributed by atoms with Gasteiger partial charge in [-0.25, -0.2) is 4.98 Å². The van der Waals surface area contributed by atoms with Crippen molar-refractivity contribution < 1.29 is 42.9 Å². The standard InChI is InChI=1S/C31H43IN4O9S/c1-20-33-16-26(46-20)30(41)36-25(18-43-5)29(40)35-24(17-42-4)28(39)34-23(15-22-11-7-6-8-12-22)27(38)31(3,19-32)45-14-10-9-13-44-21(2)37/h6-8,11-12,16,23-25H,9-10,13-15,17-19H2,1-5H3,(H,34,39)(H,35,40)(H,36,41)/t23-,24-,25-,31+/m0/s1. The number of benzene rings is 1. The number of amides is 3. The lowest BCUT2D eigenvalue weighted by atomic mass is 9.92. The number of ketones is 1. The van der Waals surface area contributed by atoms with Gasteiger partial charge in [-0.05, 0) is 38.7 Å². The fourth-order valence-corrected chi connectivity index (χ4v) is 5.54. The molecule has 0 bridgehead atoms. The summed E-state index contributed by atoms with van der Waals surface area (Å²) < 4.78 is 21.7. The lowest BCUT2D eigenvalue weighted by molar-refractivity contribution is -0.144. The van der Waals surface area contributed by atoms with Crippen LogP contribution in [0.2, 0.25) is 0 Å². The Morgan fingerprint density at radius 3 is 2.04 bits per heavy atom. The number of aryl methyl sites for hydroxylation is 1. The maximum atomic E-state index is 14.0. The number of hydrogen-bond acceptors (Lipinski definition) is 11. The fraction of sp³-hybridized carbons (Fsp3) is 0.548. The summed E-state index contributed by atoms with van der Waals surface area (Å²) in [7, 11) is 2.76. The zero-order valence-corrected chi connectivity index (χ0v) is 29.7. The summed E-state index contributed by atoms with van der Waals surface area (Å²) in [6, 6.07) is 5.90. The number of halogens is 1. The molecule has 0 unspecified atom stereocenters. The second kappa shape index (κ2) is 20.3. The molecular weight excluding hydrogens is 731 g/mol. The molecule has 2 aromatic rings. The first-order valence-electron chi connectivity index (χ1n) is 14.7. The lowest BCUT2D eigenvalue weighted by Crippen LogP contribution is -2.60. The average molecular weight is 775 g/mol. The summed E-state index contributed by atoms with van der Waals surface area (Å²) in [6.07, 6.45) is 2.73. The number of alkyl halides is 1. The monoisotopic (exact) mass is 774 g/mol. The van der Waals surface area contributed by atoms with Crippen LogP contribution in [0.5, 0.6) is 0 Å². The summed E-state index contributed by atoms with van der Waals surface area (Å²) in [5.74, 6) is -2.53. The van der Waals surface area contributed by atoms with Crippen molar-refractivity contribution in [3.63, 3.8) is 0 Å². The number of methoxy groups -OCH3 is 2. The highest BCUT2D eigenvalue weighted by Crippen LogP contribution is 2.21. The van der Waals surface area contributed by atoms with Crippen LogP contribution < -0.4 is 16.0 Å². The number of carbonyl (C=O) groups excluding carboxylic acids is 5. The number of rotatable bonds is 21. The highest BCUT2D eigenvalue weighted by atomic mass is 127. The van der Waals surface area contributed by atoms with Gasteiger partial charge < -0.3 is 34.9 Å². The second-order valence-electron chi connectivity index (χ2n) is 10.6. The smallest absolute Gasteiger partial charge is 0.302 e. The van der Waals surface area contributed by atoms with E-state index in [1.807, 2.05) is 30.3 Å². The third kappa shape index (κ3) is 13.0. The predicted molar refractivity (Wildman–Crippen MR) is 180 cm³/mol. The number of aromatic nitrogens is 1. The van der Waals surface area contributed by atoms with Crippen LogP contribution in [-0.4, -0.2) is 103 Å². The quantitative estimate of drug-likeness (QED) is 0.0740. The van der Waals surface area contributed by atoms with Gasteiger partial charge in [0.05, 0.1) is 37.1 Å². The van der Waals surface area contributed by atoms with E-state index in [0.29, 0.717) is 27.2 Å². The summed E-state index contributed by atoms with van der Waals surface area (Å²) in [5.41, 5.74) is -0.427. The molecular formula is C31H43IN4O9S. The van der Waals surface area contributed by atoms with E-state index >= 15 is 0 Å². The van der Waals surface area contributed by atoms with Crippen molar-refractivity contribution in [3.05, 3.63) is 52.0 Å². The Bertz CT molecular complexity index is 1300. The van der Waals surface area contributed by atoms with Crippen molar-refractivity contribution in [2.45, 2.75) is 63.8 Å². The van der Waals surface area contributed by atoms with Gasteiger partial charge in [-0.15, -0.1) is 11.3 Å². The van der Waals surface area contributed by atoms with Gasteiger partial charge in [-0.2, -0.15) is 0 Å². The maximum Gasteiger partial charge on any atom is 0.302 e. The molecule has 0 spiro atoms. The summed E-state index contributed by atoms with van der Waals surface area (Å²) in [5, 5.41) is 8.74. The van der Waals surface area contributed by atoms with E-state index < -0.39 is 41.4 Å². The molecule has 0 saturated carbocycles. The number of esters is 1. The van der Waals surface area contributed by atoms with Crippen LogP contribution >= 0.6 is 33.9 Å². The number of nitrogens with one attached hydrogen (secondary N) is 3. The van der Waals surface area contributed by atoms with Gasteiger partial charge in [-0.3, -0.25) is 24.0 Å². The van der Waals surface area contributed by atoms with Crippen LogP contribution in [0.3, 0.4) is 0 Å².